The number of carbonyl (C=O) groups excluding carboxylic acids is 2. The van der Waals surface area contributed by atoms with Crippen LogP contribution in [0.4, 0.5) is 10.1 Å². The molecule has 4 nitrogen and oxygen atoms in total. The number of nitrogens with zero attached hydrogens (tertiary/aromatic N) is 1. The first-order valence-electron chi connectivity index (χ1n) is 7.62. The molecule has 0 atom stereocenters. The van der Waals surface area contributed by atoms with Gasteiger partial charge in [0.2, 0.25) is 11.8 Å². The predicted molar refractivity (Wildman–Crippen MR) is 89.6 cm³/mol. The zero-order valence-corrected chi connectivity index (χ0v) is 13.1. The van der Waals surface area contributed by atoms with Gasteiger partial charge in [-0.3, -0.25) is 9.59 Å². The first kappa shape index (κ1) is 15.9. The molecule has 0 saturated heterocycles. The Kier molecular flexibility index (Phi) is 4.42. The quantitative estimate of drug-likeness (QED) is 0.879. The summed E-state index contributed by atoms with van der Waals surface area (Å²) in [5.41, 5.74) is 3.53. The van der Waals surface area contributed by atoms with E-state index in [1.807, 2.05) is 18.2 Å². The third-order valence-electron chi connectivity index (χ3n) is 3.98. The molecule has 0 saturated carbocycles. The lowest BCUT2D eigenvalue weighted by atomic mass is 10.1. The average molecular weight is 324 g/mol. The molecule has 1 N–H and O–H groups in total. The van der Waals surface area contributed by atoms with Crippen LogP contribution in [0.3, 0.4) is 0 Å². The molecule has 3 rings (SSSR count). The molecule has 0 aliphatic carbocycles. The zero-order chi connectivity index (χ0) is 17.1. The van der Waals surface area contributed by atoms with Gasteiger partial charge in [-0.25, -0.2) is 4.39 Å². The predicted octanol–water partition coefficient (Wildman–Crippen LogP) is 3.04. The molecule has 2 aromatic carbocycles. The van der Waals surface area contributed by atoms with E-state index in [9.17, 15) is 14.0 Å². The van der Waals surface area contributed by atoms with E-state index in [4.69, 9.17) is 0 Å². The summed E-state index contributed by atoms with van der Waals surface area (Å²) in [6.45, 7) is 4.57. The van der Waals surface area contributed by atoms with E-state index in [1.165, 1.54) is 18.2 Å². The third-order valence-corrected chi connectivity index (χ3v) is 3.98. The van der Waals surface area contributed by atoms with E-state index in [0.717, 1.165) is 16.7 Å². The highest BCUT2D eigenvalue weighted by Gasteiger charge is 2.21. The number of hydrogen-bond acceptors (Lipinski definition) is 2. The second-order valence-electron chi connectivity index (χ2n) is 5.73. The molecule has 1 heterocycles. The Balaban J connectivity index is 1.65. The van der Waals surface area contributed by atoms with Crippen LogP contribution in [-0.2, 0) is 29.1 Å². The average Bonchev–Trinajstić information content (AvgIpc) is 2.99. The van der Waals surface area contributed by atoms with Crippen molar-refractivity contribution in [3.05, 3.63) is 77.6 Å². The fraction of sp³-hybridized carbons (Fsp3) is 0.158. The molecular weight excluding hydrogens is 307 g/mol. The number of amides is 2. The van der Waals surface area contributed by atoms with E-state index >= 15 is 0 Å². The number of hydrogen-bond donors (Lipinski definition) is 1. The summed E-state index contributed by atoms with van der Waals surface area (Å²) >= 11 is 0. The molecule has 0 spiro atoms. The first-order chi connectivity index (χ1) is 11.5. The summed E-state index contributed by atoms with van der Waals surface area (Å²) in [5.74, 6) is -0.594. The van der Waals surface area contributed by atoms with Crippen LogP contribution >= 0.6 is 0 Å². The largest absolute Gasteiger partial charge is 0.331 e. The van der Waals surface area contributed by atoms with Crippen LogP contribution in [0.5, 0.6) is 0 Å². The van der Waals surface area contributed by atoms with E-state index < -0.39 is 0 Å². The van der Waals surface area contributed by atoms with Crippen LogP contribution in [0.2, 0.25) is 0 Å². The van der Waals surface area contributed by atoms with Gasteiger partial charge in [-0.05, 0) is 47.0 Å². The smallest absolute Gasteiger partial charge is 0.246 e. The third kappa shape index (κ3) is 3.51. The second kappa shape index (κ2) is 6.66. The van der Waals surface area contributed by atoms with Crippen molar-refractivity contribution in [3.8, 4) is 0 Å². The lowest BCUT2D eigenvalue weighted by molar-refractivity contribution is -0.126. The lowest BCUT2D eigenvalue weighted by Crippen LogP contribution is -2.22. The first-order valence-corrected chi connectivity index (χ1v) is 7.62. The molecule has 122 valence electrons. The van der Waals surface area contributed by atoms with Crippen molar-refractivity contribution < 1.29 is 14.0 Å². The number of fused-ring (bicyclic) bond motifs is 1. The van der Waals surface area contributed by atoms with Crippen molar-refractivity contribution in [1.29, 1.82) is 0 Å². The van der Waals surface area contributed by atoms with E-state index in [0.29, 0.717) is 18.8 Å². The molecule has 0 fully saturated rings. The van der Waals surface area contributed by atoms with Crippen LogP contribution in [0.1, 0.15) is 16.7 Å². The molecule has 5 heteroatoms. The van der Waals surface area contributed by atoms with Gasteiger partial charge in [-0.2, -0.15) is 0 Å². The van der Waals surface area contributed by atoms with E-state index in [1.54, 1.807) is 17.0 Å². The maximum absolute atomic E-state index is 12.9. The van der Waals surface area contributed by atoms with Gasteiger partial charge in [0.15, 0.2) is 0 Å². The van der Waals surface area contributed by atoms with Crippen molar-refractivity contribution in [2.45, 2.75) is 19.5 Å². The maximum atomic E-state index is 12.9. The van der Waals surface area contributed by atoms with Crippen LogP contribution in [0.25, 0.3) is 0 Å². The van der Waals surface area contributed by atoms with Crippen molar-refractivity contribution in [2.75, 3.05) is 5.32 Å². The highest BCUT2D eigenvalue weighted by Crippen LogP contribution is 2.26. The van der Waals surface area contributed by atoms with Crippen LogP contribution in [0.15, 0.2) is 55.1 Å². The molecule has 0 radical (unpaired) electrons. The monoisotopic (exact) mass is 324 g/mol. The molecule has 1 aliphatic rings. The number of rotatable bonds is 4. The Bertz CT molecular complexity index is 800. The summed E-state index contributed by atoms with van der Waals surface area (Å²) in [5, 5.41) is 2.84. The molecule has 0 unspecified atom stereocenters. The van der Waals surface area contributed by atoms with E-state index in [2.05, 4.69) is 11.9 Å². The summed E-state index contributed by atoms with van der Waals surface area (Å²) in [6, 6.07) is 11.5. The summed E-state index contributed by atoms with van der Waals surface area (Å²) in [7, 11) is 0. The van der Waals surface area contributed by atoms with Crippen molar-refractivity contribution in [2.24, 2.45) is 0 Å². The Morgan fingerprint density at radius 1 is 1.12 bits per heavy atom. The summed E-state index contributed by atoms with van der Waals surface area (Å²) in [4.78, 5) is 25.5. The van der Waals surface area contributed by atoms with Gasteiger partial charge >= 0.3 is 0 Å². The highest BCUT2D eigenvalue weighted by atomic mass is 19.1. The normalized spacial score (nSPS) is 12.6. The molecule has 24 heavy (non-hydrogen) atoms. The van der Waals surface area contributed by atoms with Crippen molar-refractivity contribution in [3.63, 3.8) is 0 Å². The van der Waals surface area contributed by atoms with Gasteiger partial charge in [-0.15, -0.1) is 0 Å². The molecule has 1 aliphatic heterocycles. The molecule has 2 amide bonds. The van der Waals surface area contributed by atoms with Gasteiger partial charge in [-0.1, -0.05) is 24.8 Å². The summed E-state index contributed by atoms with van der Waals surface area (Å²) < 4.78 is 12.9. The van der Waals surface area contributed by atoms with Crippen molar-refractivity contribution >= 4 is 17.5 Å². The van der Waals surface area contributed by atoms with E-state index in [-0.39, 0.29) is 24.1 Å². The number of carbonyl (C=O) groups is 2. The number of halogens is 1. The standard InChI is InChI=1S/C19H17FN2O2/c1-2-19(24)22-11-14-5-8-17(10-15(14)12-22)21-18(23)9-13-3-6-16(20)7-4-13/h2-8,10H,1,9,11-12H2,(H,21,23). The van der Waals surface area contributed by atoms with Gasteiger partial charge in [0, 0.05) is 18.8 Å². The minimum absolute atomic E-state index is 0.104. The Labute approximate surface area is 139 Å². The second-order valence-corrected chi connectivity index (χ2v) is 5.73. The van der Waals surface area contributed by atoms with Crippen LogP contribution in [0, 0.1) is 5.82 Å². The van der Waals surface area contributed by atoms with Gasteiger partial charge < -0.3 is 10.2 Å². The fourth-order valence-electron chi connectivity index (χ4n) is 2.75. The van der Waals surface area contributed by atoms with Gasteiger partial charge in [0.25, 0.3) is 0 Å². The lowest BCUT2D eigenvalue weighted by Gasteiger charge is -2.11. The zero-order valence-electron chi connectivity index (χ0n) is 13.1. The molecular formula is C19H17FN2O2. The maximum Gasteiger partial charge on any atom is 0.246 e. The fourth-order valence-corrected chi connectivity index (χ4v) is 2.75. The number of anilines is 1. The topological polar surface area (TPSA) is 49.4 Å². The Morgan fingerprint density at radius 3 is 2.54 bits per heavy atom. The Morgan fingerprint density at radius 2 is 1.83 bits per heavy atom. The number of benzene rings is 2. The minimum atomic E-state index is -0.323. The molecule has 0 bridgehead atoms. The van der Waals surface area contributed by atoms with Crippen LogP contribution in [-0.4, -0.2) is 16.7 Å². The Hall–Kier alpha value is -2.95. The molecule has 2 aromatic rings. The highest BCUT2D eigenvalue weighted by molar-refractivity contribution is 5.92. The minimum Gasteiger partial charge on any atom is -0.331 e. The molecule has 0 aromatic heterocycles. The van der Waals surface area contributed by atoms with Crippen molar-refractivity contribution in [1.82, 2.24) is 4.90 Å². The SMILES string of the molecule is C=CC(=O)N1Cc2ccc(NC(=O)Cc3ccc(F)cc3)cc2C1. The van der Waals surface area contributed by atoms with Gasteiger partial charge in [0.05, 0.1) is 6.42 Å². The summed E-state index contributed by atoms with van der Waals surface area (Å²) in [6.07, 6.45) is 1.48. The number of nitrogens with one attached hydrogen (secondary N) is 1. The van der Waals surface area contributed by atoms with Gasteiger partial charge in [0.1, 0.15) is 5.82 Å². The van der Waals surface area contributed by atoms with Crippen LogP contribution < -0.4 is 5.32 Å².